The monoisotopic (exact) mass is 462 g/mol. The number of pyridine rings is 1. The molecule has 1 fully saturated rings. The Balaban J connectivity index is 1.11. The second-order valence-corrected chi connectivity index (χ2v) is 8.97. The molecule has 1 N–H and O–H groups in total. The maximum absolute atomic E-state index is 12.4. The van der Waals surface area contributed by atoms with Gasteiger partial charge in [-0.3, -0.25) is 9.59 Å². The second kappa shape index (κ2) is 9.85. The molecule has 2 aromatic carbocycles. The van der Waals surface area contributed by atoms with E-state index in [1.807, 2.05) is 41.3 Å². The number of fused-ring (bicyclic) bond motifs is 1. The van der Waals surface area contributed by atoms with Crippen LogP contribution in [0.4, 0.5) is 17.1 Å². The molecule has 3 aromatic rings. The number of nitrogens with one attached hydrogen (secondary N) is 1. The molecule has 2 aliphatic heterocycles. The number of ether oxygens (including phenoxy) is 2. The van der Waals surface area contributed by atoms with Gasteiger partial charge in [0.2, 0.25) is 5.88 Å². The minimum absolute atomic E-state index is 0.426. The number of likely N-dealkylation sites (tertiary alicyclic amines) is 1. The lowest BCUT2D eigenvalue weighted by atomic mass is 9.98. The number of rotatable bonds is 9. The fourth-order valence-corrected chi connectivity index (χ4v) is 4.86. The molecule has 1 aromatic heterocycles. The molecule has 0 spiro atoms. The van der Waals surface area contributed by atoms with E-state index >= 15 is 0 Å². The number of nitrogens with zero attached hydrogens (tertiary/aromatic N) is 3. The van der Waals surface area contributed by atoms with E-state index in [0.717, 1.165) is 62.5 Å². The van der Waals surface area contributed by atoms with Crippen molar-refractivity contribution in [2.24, 2.45) is 5.92 Å². The number of hydrogen-bond acceptors (Lipinski definition) is 8. The standard InChI is InChI=1S/C26H30N4O4/c1-33-22-15-19-9-13-30(21(19)16-28-22)24-23(25(31)26(24)32)27-10-14-29-11-7-18(8-12-29)17-34-20-5-3-2-4-6-20/h2-6,15-16,18,27H,7-14,17H2,1H3. The van der Waals surface area contributed by atoms with Crippen LogP contribution in [0.2, 0.25) is 0 Å². The molecule has 0 bridgehead atoms. The van der Waals surface area contributed by atoms with Gasteiger partial charge >= 0.3 is 0 Å². The van der Waals surface area contributed by atoms with Crippen molar-refractivity contribution in [1.82, 2.24) is 9.88 Å². The summed E-state index contributed by atoms with van der Waals surface area (Å²) in [5.41, 5.74) is 1.99. The molecule has 34 heavy (non-hydrogen) atoms. The number of anilines is 3. The summed E-state index contributed by atoms with van der Waals surface area (Å²) >= 11 is 0. The molecule has 0 aliphatic carbocycles. The first kappa shape index (κ1) is 22.4. The van der Waals surface area contributed by atoms with Crippen LogP contribution in [0, 0.1) is 5.92 Å². The van der Waals surface area contributed by atoms with Crippen LogP contribution >= 0.6 is 0 Å². The first-order chi connectivity index (χ1) is 16.6. The molecular formula is C26H30N4O4. The second-order valence-electron chi connectivity index (χ2n) is 8.97. The van der Waals surface area contributed by atoms with Crippen LogP contribution in [0.15, 0.2) is 52.2 Å². The van der Waals surface area contributed by atoms with Crippen LogP contribution in [0.3, 0.4) is 0 Å². The van der Waals surface area contributed by atoms with E-state index in [1.165, 1.54) is 0 Å². The van der Waals surface area contributed by atoms with E-state index in [0.29, 0.717) is 36.3 Å². The first-order valence-electron chi connectivity index (χ1n) is 11.9. The summed E-state index contributed by atoms with van der Waals surface area (Å²) in [5, 5.41) is 3.24. The highest BCUT2D eigenvalue weighted by molar-refractivity contribution is 5.82. The third kappa shape index (κ3) is 4.50. The van der Waals surface area contributed by atoms with Crippen molar-refractivity contribution in [2.75, 3.05) is 56.7 Å². The van der Waals surface area contributed by atoms with Gasteiger partial charge in [-0.2, -0.15) is 0 Å². The van der Waals surface area contributed by atoms with E-state index in [-0.39, 0.29) is 0 Å². The maximum atomic E-state index is 12.4. The van der Waals surface area contributed by atoms with E-state index in [4.69, 9.17) is 9.47 Å². The van der Waals surface area contributed by atoms with Gasteiger partial charge in [-0.25, -0.2) is 4.98 Å². The van der Waals surface area contributed by atoms with Gasteiger partial charge in [0.1, 0.15) is 17.1 Å². The molecule has 0 unspecified atom stereocenters. The predicted molar refractivity (Wildman–Crippen MR) is 132 cm³/mol. The molecule has 0 radical (unpaired) electrons. The highest BCUT2D eigenvalue weighted by Gasteiger charge is 2.31. The van der Waals surface area contributed by atoms with Crippen LogP contribution in [0.1, 0.15) is 18.4 Å². The normalized spacial score (nSPS) is 16.6. The van der Waals surface area contributed by atoms with E-state index in [2.05, 4.69) is 15.2 Å². The van der Waals surface area contributed by atoms with Crippen molar-refractivity contribution >= 4 is 17.1 Å². The number of piperidine rings is 1. The van der Waals surface area contributed by atoms with Crippen molar-refractivity contribution in [1.29, 1.82) is 0 Å². The number of benzene rings is 1. The molecule has 2 aliphatic rings. The van der Waals surface area contributed by atoms with Crippen LogP contribution in [0.5, 0.6) is 11.6 Å². The summed E-state index contributed by atoms with van der Waals surface area (Å²) in [6.45, 7) is 4.89. The number of methoxy groups -OCH3 is 1. The van der Waals surface area contributed by atoms with Gasteiger partial charge in [0.15, 0.2) is 0 Å². The van der Waals surface area contributed by atoms with Crippen molar-refractivity contribution in [2.45, 2.75) is 19.3 Å². The lowest BCUT2D eigenvalue weighted by Gasteiger charge is -2.32. The molecule has 0 amide bonds. The Morgan fingerprint density at radius 1 is 1.09 bits per heavy atom. The third-order valence-electron chi connectivity index (χ3n) is 6.87. The zero-order valence-corrected chi connectivity index (χ0v) is 19.5. The Bertz CT molecular complexity index is 1200. The molecule has 8 heteroatoms. The average molecular weight is 463 g/mol. The first-order valence-corrected chi connectivity index (χ1v) is 11.9. The minimum Gasteiger partial charge on any atom is -0.493 e. The smallest absolute Gasteiger partial charge is 0.253 e. The number of aromatic nitrogens is 1. The summed E-state index contributed by atoms with van der Waals surface area (Å²) < 4.78 is 11.1. The summed E-state index contributed by atoms with van der Waals surface area (Å²) in [7, 11) is 1.58. The van der Waals surface area contributed by atoms with Gasteiger partial charge < -0.3 is 24.6 Å². The molecule has 0 saturated carbocycles. The summed E-state index contributed by atoms with van der Waals surface area (Å²) in [6, 6.07) is 11.8. The van der Waals surface area contributed by atoms with Crippen LogP contribution < -0.4 is 30.5 Å². The predicted octanol–water partition coefficient (Wildman–Crippen LogP) is 2.58. The highest BCUT2D eigenvalue weighted by Crippen LogP contribution is 2.36. The van der Waals surface area contributed by atoms with Crippen LogP contribution in [0.25, 0.3) is 0 Å². The Morgan fingerprint density at radius 2 is 1.88 bits per heavy atom. The van der Waals surface area contributed by atoms with E-state index in [9.17, 15) is 9.59 Å². The third-order valence-corrected chi connectivity index (χ3v) is 6.87. The Labute approximate surface area is 198 Å². The minimum atomic E-state index is -0.429. The zero-order chi connectivity index (χ0) is 23.5. The van der Waals surface area contributed by atoms with Crippen molar-refractivity contribution in [3.05, 3.63) is 68.6 Å². The molecule has 178 valence electrons. The van der Waals surface area contributed by atoms with Gasteiger partial charge in [0.05, 0.1) is 25.6 Å². The molecule has 8 nitrogen and oxygen atoms in total. The van der Waals surface area contributed by atoms with Crippen LogP contribution in [-0.2, 0) is 6.42 Å². The lowest BCUT2D eigenvalue weighted by Crippen LogP contribution is -2.42. The van der Waals surface area contributed by atoms with Crippen molar-refractivity contribution in [3.8, 4) is 11.6 Å². The lowest BCUT2D eigenvalue weighted by molar-refractivity contribution is 0.144. The summed E-state index contributed by atoms with van der Waals surface area (Å²) in [6.07, 6.45) is 4.70. The maximum Gasteiger partial charge on any atom is 0.253 e. The van der Waals surface area contributed by atoms with Gasteiger partial charge in [-0.1, -0.05) is 18.2 Å². The van der Waals surface area contributed by atoms with Gasteiger partial charge in [0, 0.05) is 25.7 Å². The number of hydrogen-bond donors (Lipinski definition) is 1. The number of para-hydroxylation sites is 1. The fourth-order valence-electron chi connectivity index (χ4n) is 4.86. The van der Waals surface area contributed by atoms with Gasteiger partial charge in [-0.15, -0.1) is 0 Å². The SMILES string of the molecule is COc1cc2c(cn1)N(c1c(NCCN3CCC(COc4ccccc4)CC3)c(=O)c1=O)CC2. The van der Waals surface area contributed by atoms with Crippen LogP contribution in [-0.4, -0.2) is 56.3 Å². The fraction of sp³-hybridized carbons (Fsp3) is 0.423. The Kier molecular flexibility index (Phi) is 6.49. The topological polar surface area (TPSA) is 84.0 Å². The highest BCUT2D eigenvalue weighted by atomic mass is 16.5. The quantitative estimate of drug-likeness (QED) is 0.486. The summed E-state index contributed by atoms with van der Waals surface area (Å²) in [4.78, 5) is 33.3. The molecule has 3 heterocycles. The summed E-state index contributed by atoms with van der Waals surface area (Å²) in [5.74, 6) is 2.04. The molecular weight excluding hydrogens is 432 g/mol. The van der Waals surface area contributed by atoms with E-state index < -0.39 is 10.9 Å². The molecule has 0 atom stereocenters. The van der Waals surface area contributed by atoms with Gasteiger partial charge in [-0.05, 0) is 56.0 Å². The van der Waals surface area contributed by atoms with Crippen molar-refractivity contribution < 1.29 is 9.47 Å². The van der Waals surface area contributed by atoms with E-state index in [1.54, 1.807) is 13.3 Å². The molecule has 1 saturated heterocycles. The molecule has 5 rings (SSSR count). The zero-order valence-electron chi connectivity index (χ0n) is 19.5. The Hall–Kier alpha value is -3.39. The van der Waals surface area contributed by atoms with Crippen molar-refractivity contribution in [3.63, 3.8) is 0 Å². The largest absolute Gasteiger partial charge is 0.493 e. The van der Waals surface area contributed by atoms with Gasteiger partial charge in [0.25, 0.3) is 10.9 Å². The Morgan fingerprint density at radius 3 is 2.65 bits per heavy atom. The average Bonchev–Trinajstić information content (AvgIpc) is 3.30.